The first-order chi connectivity index (χ1) is 12.5. The number of ether oxygens (including phenoxy) is 1. The number of imide groups is 1. The van der Waals surface area contributed by atoms with Crippen molar-refractivity contribution < 1.29 is 19.1 Å². The maximum Gasteiger partial charge on any atom is 0.418 e. The smallest absolute Gasteiger partial charge is 0.418 e. The zero-order valence-corrected chi connectivity index (χ0v) is 15.2. The molecule has 4 amide bonds. The number of nitrogens with one attached hydrogen (secondary N) is 1. The highest BCUT2D eigenvalue weighted by atomic mass is 16.6. The molecule has 142 valence electrons. The van der Waals surface area contributed by atoms with Crippen molar-refractivity contribution in [2.75, 3.05) is 26.2 Å². The lowest BCUT2D eigenvalue weighted by Crippen LogP contribution is -2.50. The molecule has 26 heavy (non-hydrogen) atoms. The van der Waals surface area contributed by atoms with Gasteiger partial charge in [0.2, 0.25) is 5.91 Å². The maximum absolute atomic E-state index is 12.4. The zero-order valence-electron chi connectivity index (χ0n) is 15.2. The standard InChI is InChI=1S/C18H26N4O4/c1-3-26-18(25)21(10-9-19)17(24)20-15-11-16(23)22(12-15)13(2)14-7-5-4-6-8-14/h4-8,13,15H,3,9-12,19H2,1-2H3,(H,20,24). The molecule has 8 heteroatoms. The summed E-state index contributed by atoms with van der Waals surface area (Å²) in [6, 6.07) is 8.66. The molecule has 3 N–H and O–H groups in total. The van der Waals surface area contributed by atoms with E-state index >= 15 is 0 Å². The Bertz CT molecular complexity index is 637. The van der Waals surface area contributed by atoms with Gasteiger partial charge in [-0.1, -0.05) is 30.3 Å². The summed E-state index contributed by atoms with van der Waals surface area (Å²) in [5.74, 6) is -0.0341. The lowest BCUT2D eigenvalue weighted by molar-refractivity contribution is -0.129. The van der Waals surface area contributed by atoms with Gasteiger partial charge in [-0.2, -0.15) is 0 Å². The van der Waals surface area contributed by atoms with E-state index in [2.05, 4.69) is 5.32 Å². The number of carbonyl (C=O) groups is 3. The summed E-state index contributed by atoms with van der Waals surface area (Å²) in [6.45, 7) is 4.35. The number of nitrogens with zero attached hydrogens (tertiary/aromatic N) is 2. The Kier molecular flexibility index (Phi) is 6.97. The van der Waals surface area contributed by atoms with Crippen LogP contribution in [0.15, 0.2) is 30.3 Å². The Morgan fingerprint density at radius 2 is 2.08 bits per heavy atom. The fraction of sp³-hybridized carbons (Fsp3) is 0.500. The van der Waals surface area contributed by atoms with Crippen molar-refractivity contribution in [3.8, 4) is 0 Å². The predicted octanol–water partition coefficient (Wildman–Crippen LogP) is 1.48. The number of benzene rings is 1. The highest BCUT2D eigenvalue weighted by Crippen LogP contribution is 2.25. The van der Waals surface area contributed by atoms with E-state index in [9.17, 15) is 14.4 Å². The number of urea groups is 1. The van der Waals surface area contributed by atoms with Crippen LogP contribution in [0.25, 0.3) is 0 Å². The molecule has 2 atom stereocenters. The summed E-state index contributed by atoms with van der Waals surface area (Å²) in [5.41, 5.74) is 6.50. The van der Waals surface area contributed by atoms with Gasteiger partial charge in [0.15, 0.2) is 0 Å². The van der Waals surface area contributed by atoms with Gasteiger partial charge in [0.1, 0.15) is 0 Å². The minimum atomic E-state index is -0.741. The van der Waals surface area contributed by atoms with Crippen molar-refractivity contribution in [1.29, 1.82) is 0 Å². The highest BCUT2D eigenvalue weighted by molar-refractivity contribution is 5.91. The van der Waals surface area contributed by atoms with Gasteiger partial charge in [-0.25, -0.2) is 14.5 Å². The Hall–Kier alpha value is -2.61. The Balaban J connectivity index is 1.99. The summed E-state index contributed by atoms with van der Waals surface area (Å²) < 4.78 is 4.87. The van der Waals surface area contributed by atoms with E-state index in [1.807, 2.05) is 37.3 Å². The average Bonchev–Trinajstić information content (AvgIpc) is 2.99. The van der Waals surface area contributed by atoms with E-state index in [1.54, 1.807) is 11.8 Å². The van der Waals surface area contributed by atoms with Crippen molar-refractivity contribution >= 4 is 18.0 Å². The molecule has 0 saturated carbocycles. The molecule has 1 saturated heterocycles. The van der Waals surface area contributed by atoms with Crippen LogP contribution >= 0.6 is 0 Å². The van der Waals surface area contributed by atoms with Crippen LogP contribution in [0.4, 0.5) is 9.59 Å². The lowest BCUT2D eigenvalue weighted by atomic mass is 10.1. The molecule has 0 bridgehead atoms. The summed E-state index contributed by atoms with van der Waals surface area (Å²) in [4.78, 5) is 39.3. The third kappa shape index (κ3) is 4.72. The molecule has 2 rings (SSSR count). The summed E-state index contributed by atoms with van der Waals surface area (Å²) in [7, 11) is 0. The van der Waals surface area contributed by atoms with Crippen molar-refractivity contribution in [2.45, 2.75) is 32.4 Å². The van der Waals surface area contributed by atoms with E-state index in [4.69, 9.17) is 10.5 Å². The number of rotatable bonds is 6. The van der Waals surface area contributed by atoms with E-state index in [0.29, 0.717) is 6.54 Å². The number of likely N-dealkylation sites (tertiary alicyclic amines) is 1. The second-order valence-corrected chi connectivity index (χ2v) is 6.12. The largest absolute Gasteiger partial charge is 0.449 e. The number of nitrogens with two attached hydrogens (primary N) is 1. The van der Waals surface area contributed by atoms with Gasteiger partial charge in [-0.05, 0) is 19.4 Å². The first-order valence-electron chi connectivity index (χ1n) is 8.77. The van der Waals surface area contributed by atoms with Gasteiger partial charge in [0, 0.05) is 26.1 Å². The van der Waals surface area contributed by atoms with Crippen LogP contribution in [-0.2, 0) is 9.53 Å². The molecule has 2 unspecified atom stereocenters. The van der Waals surface area contributed by atoms with Crippen LogP contribution in [0.5, 0.6) is 0 Å². The first-order valence-corrected chi connectivity index (χ1v) is 8.77. The van der Waals surface area contributed by atoms with E-state index in [-0.39, 0.29) is 44.1 Å². The number of carbonyl (C=O) groups excluding carboxylic acids is 3. The minimum Gasteiger partial charge on any atom is -0.449 e. The molecular weight excluding hydrogens is 336 g/mol. The van der Waals surface area contributed by atoms with Crippen molar-refractivity contribution in [2.24, 2.45) is 5.73 Å². The van der Waals surface area contributed by atoms with Gasteiger partial charge in [-0.3, -0.25) is 4.79 Å². The summed E-state index contributed by atoms with van der Waals surface area (Å²) >= 11 is 0. The molecule has 0 aromatic heterocycles. The van der Waals surface area contributed by atoms with Crippen molar-refractivity contribution in [1.82, 2.24) is 15.1 Å². The molecule has 1 aromatic carbocycles. The predicted molar refractivity (Wildman–Crippen MR) is 96.3 cm³/mol. The Morgan fingerprint density at radius 1 is 1.38 bits per heavy atom. The van der Waals surface area contributed by atoms with Crippen LogP contribution in [0.1, 0.15) is 31.9 Å². The SMILES string of the molecule is CCOC(=O)N(CCN)C(=O)NC1CC(=O)N(C(C)c2ccccc2)C1. The quantitative estimate of drug-likeness (QED) is 0.797. The molecule has 0 aliphatic carbocycles. The molecule has 1 aliphatic rings. The molecule has 0 radical (unpaired) electrons. The number of hydrogen-bond donors (Lipinski definition) is 2. The van der Waals surface area contributed by atoms with Crippen molar-refractivity contribution in [3.05, 3.63) is 35.9 Å². The van der Waals surface area contributed by atoms with Gasteiger partial charge in [-0.15, -0.1) is 0 Å². The maximum atomic E-state index is 12.4. The Labute approximate surface area is 153 Å². The molecule has 8 nitrogen and oxygen atoms in total. The summed E-state index contributed by atoms with van der Waals surface area (Å²) in [6.07, 6.45) is -0.545. The summed E-state index contributed by atoms with van der Waals surface area (Å²) in [5, 5.41) is 2.74. The van der Waals surface area contributed by atoms with Gasteiger partial charge < -0.3 is 20.7 Å². The third-order valence-electron chi connectivity index (χ3n) is 4.32. The van der Waals surface area contributed by atoms with Crippen LogP contribution in [0.3, 0.4) is 0 Å². The van der Waals surface area contributed by atoms with Crippen LogP contribution in [0.2, 0.25) is 0 Å². The van der Waals surface area contributed by atoms with Gasteiger partial charge in [0.05, 0.1) is 18.7 Å². The molecule has 0 spiro atoms. The lowest BCUT2D eigenvalue weighted by Gasteiger charge is -2.26. The minimum absolute atomic E-state index is 0.0341. The average molecular weight is 362 g/mol. The van der Waals surface area contributed by atoms with E-state index < -0.39 is 12.1 Å². The fourth-order valence-corrected chi connectivity index (χ4v) is 2.97. The van der Waals surface area contributed by atoms with Gasteiger partial charge >= 0.3 is 12.1 Å². The topological polar surface area (TPSA) is 105 Å². The molecule has 1 aliphatic heterocycles. The molecule has 1 aromatic rings. The molecule has 1 heterocycles. The second kappa shape index (κ2) is 9.19. The normalized spacial score (nSPS) is 17.7. The zero-order chi connectivity index (χ0) is 19.1. The molecular formula is C18H26N4O4. The monoisotopic (exact) mass is 362 g/mol. The van der Waals surface area contributed by atoms with E-state index in [1.165, 1.54) is 0 Å². The van der Waals surface area contributed by atoms with Crippen molar-refractivity contribution in [3.63, 3.8) is 0 Å². The number of hydrogen-bond acceptors (Lipinski definition) is 5. The fourth-order valence-electron chi connectivity index (χ4n) is 2.97. The van der Waals surface area contributed by atoms with Crippen LogP contribution < -0.4 is 11.1 Å². The number of amides is 4. The van der Waals surface area contributed by atoms with Crippen LogP contribution in [-0.4, -0.2) is 60.1 Å². The highest BCUT2D eigenvalue weighted by Gasteiger charge is 2.35. The second-order valence-electron chi connectivity index (χ2n) is 6.12. The van der Waals surface area contributed by atoms with E-state index in [0.717, 1.165) is 10.5 Å². The van der Waals surface area contributed by atoms with Gasteiger partial charge in [0.25, 0.3) is 0 Å². The van der Waals surface area contributed by atoms with Crippen LogP contribution in [0, 0.1) is 0 Å². The Morgan fingerprint density at radius 3 is 2.69 bits per heavy atom. The molecule has 1 fully saturated rings. The third-order valence-corrected chi connectivity index (χ3v) is 4.32. The first kappa shape index (κ1) is 19.7.